The molecule has 1 aromatic rings. The minimum Gasteiger partial charge on any atom is -0.323 e. The van der Waals surface area contributed by atoms with E-state index in [4.69, 9.17) is 5.73 Å². The van der Waals surface area contributed by atoms with Crippen molar-refractivity contribution in [1.82, 2.24) is 9.59 Å². The average molecular weight is 213 g/mol. The quantitative estimate of drug-likeness (QED) is 0.817. The van der Waals surface area contributed by atoms with E-state index in [0.29, 0.717) is 5.92 Å². The first-order chi connectivity index (χ1) is 6.69. The van der Waals surface area contributed by atoms with E-state index < -0.39 is 0 Å². The van der Waals surface area contributed by atoms with Crippen LogP contribution in [0.4, 0.5) is 0 Å². The second-order valence-electron chi connectivity index (χ2n) is 3.79. The van der Waals surface area contributed by atoms with Gasteiger partial charge in [-0.05, 0) is 30.3 Å². The van der Waals surface area contributed by atoms with Crippen LogP contribution in [-0.4, -0.2) is 9.59 Å². The molecule has 0 spiro atoms. The minimum absolute atomic E-state index is 0.125. The summed E-state index contributed by atoms with van der Waals surface area (Å²) in [5.74, 6) is 0.678. The summed E-state index contributed by atoms with van der Waals surface area (Å²) in [6, 6.07) is 0.125. The third kappa shape index (κ3) is 2.75. The van der Waals surface area contributed by atoms with E-state index >= 15 is 0 Å². The smallest absolute Gasteiger partial charge is 0.0800 e. The van der Waals surface area contributed by atoms with Crippen LogP contribution in [0, 0.1) is 5.92 Å². The Hall–Kier alpha value is -0.480. The van der Waals surface area contributed by atoms with Gasteiger partial charge in [0.25, 0.3) is 0 Å². The van der Waals surface area contributed by atoms with Gasteiger partial charge in [0, 0.05) is 6.04 Å². The molecule has 1 rings (SSSR count). The maximum atomic E-state index is 6.12. The fraction of sp³-hybridized carbons (Fsp3) is 0.800. The molecule has 2 atom stereocenters. The Labute approximate surface area is 89.9 Å². The lowest BCUT2D eigenvalue weighted by atomic mass is 9.98. The summed E-state index contributed by atoms with van der Waals surface area (Å²) in [5, 5.41) is 4.08. The van der Waals surface area contributed by atoms with Crippen molar-refractivity contribution in [3.63, 3.8) is 0 Å². The predicted octanol–water partition coefficient (Wildman–Crippen LogP) is 2.54. The molecule has 0 amide bonds. The number of rotatable bonds is 5. The van der Waals surface area contributed by atoms with E-state index in [2.05, 4.69) is 30.4 Å². The minimum atomic E-state index is 0.125. The van der Waals surface area contributed by atoms with Gasteiger partial charge in [-0.2, -0.15) is 0 Å². The summed E-state index contributed by atoms with van der Waals surface area (Å²) in [5.41, 5.74) is 7.20. The number of aromatic nitrogens is 2. The van der Waals surface area contributed by atoms with E-state index in [-0.39, 0.29) is 6.04 Å². The number of hydrogen-bond acceptors (Lipinski definition) is 4. The maximum absolute atomic E-state index is 6.12. The Morgan fingerprint density at radius 1 is 1.43 bits per heavy atom. The lowest BCUT2D eigenvalue weighted by molar-refractivity contribution is 0.463. The van der Waals surface area contributed by atoms with Crippen LogP contribution in [0.1, 0.15) is 50.2 Å². The first kappa shape index (κ1) is 11.6. The maximum Gasteiger partial charge on any atom is 0.0800 e. The molecule has 0 aliphatic carbocycles. The summed E-state index contributed by atoms with van der Waals surface area (Å²) in [4.78, 5) is 1.17. The number of nitrogens with zero attached hydrogens (tertiary/aromatic N) is 2. The Balaban J connectivity index is 2.64. The highest BCUT2D eigenvalue weighted by atomic mass is 32.1. The molecule has 0 fully saturated rings. The lowest BCUT2D eigenvalue weighted by Gasteiger charge is -2.14. The SMILES string of the molecule is CCc1nnsc1C(N)CC(C)CC. The molecule has 0 aliphatic rings. The molecule has 1 aromatic heterocycles. The second kappa shape index (κ2) is 5.41. The second-order valence-corrected chi connectivity index (χ2v) is 4.58. The third-order valence-electron chi connectivity index (χ3n) is 2.61. The van der Waals surface area contributed by atoms with Crippen molar-refractivity contribution in [2.24, 2.45) is 11.7 Å². The summed E-state index contributed by atoms with van der Waals surface area (Å²) < 4.78 is 3.96. The first-order valence-corrected chi connectivity index (χ1v) is 6.03. The van der Waals surface area contributed by atoms with Gasteiger partial charge in [0.2, 0.25) is 0 Å². The highest BCUT2D eigenvalue weighted by molar-refractivity contribution is 7.05. The van der Waals surface area contributed by atoms with Crippen LogP contribution in [0.2, 0.25) is 0 Å². The molecule has 0 saturated heterocycles. The van der Waals surface area contributed by atoms with Crippen LogP contribution in [-0.2, 0) is 6.42 Å². The van der Waals surface area contributed by atoms with E-state index in [1.165, 1.54) is 22.8 Å². The summed E-state index contributed by atoms with van der Waals surface area (Å²) in [6.07, 6.45) is 3.15. The van der Waals surface area contributed by atoms with Crippen LogP contribution in [0.15, 0.2) is 0 Å². The van der Waals surface area contributed by atoms with Crippen LogP contribution >= 0.6 is 11.5 Å². The summed E-state index contributed by atoms with van der Waals surface area (Å²) in [6.45, 7) is 6.53. The molecule has 14 heavy (non-hydrogen) atoms. The Morgan fingerprint density at radius 3 is 2.71 bits per heavy atom. The van der Waals surface area contributed by atoms with Crippen molar-refractivity contribution in [2.75, 3.05) is 0 Å². The lowest BCUT2D eigenvalue weighted by Crippen LogP contribution is -2.14. The fourth-order valence-electron chi connectivity index (χ4n) is 1.45. The highest BCUT2D eigenvalue weighted by Crippen LogP contribution is 2.25. The van der Waals surface area contributed by atoms with Crippen LogP contribution in [0.3, 0.4) is 0 Å². The van der Waals surface area contributed by atoms with Crippen molar-refractivity contribution in [2.45, 2.75) is 46.1 Å². The van der Waals surface area contributed by atoms with Gasteiger partial charge in [0.15, 0.2) is 0 Å². The molecule has 0 bridgehead atoms. The zero-order chi connectivity index (χ0) is 10.6. The molecule has 0 aliphatic heterocycles. The molecule has 0 radical (unpaired) electrons. The zero-order valence-corrected chi connectivity index (χ0v) is 9.97. The monoisotopic (exact) mass is 213 g/mol. The normalized spacial score (nSPS) is 15.4. The van der Waals surface area contributed by atoms with Crippen LogP contribution in [0.5, 0.6) is 0 Å². The topological polar surface area (TPSA) is 51.8 Å². The van der Waals surface area contributed by atoms with Gasteiger partial charge in [-0.3, -0.25) is 0 Å². The molecular formula is C10H19N3S. The number of hydrogen-bond donors (Lipinski definition) is 1. The third-order valence-corrected chi connectivity index (χ3v) is 3.51. The van der Waals surface area contributed by atoms with E-state index in [9.17, 15) is 0 Å². The van der Waals surface area contributed by atoms with Gasteiger partial charge in [0.05, 0.1) is 10.6 Å². The molecule has 2 unspecified atom stereocenters. The Morgan fingerprint density at radius 2 is 2.14 bits per heavy atom. The zero-order valence-electron chi connectivity index (χ0n) is 9.16. The first-order valence-electron chi connectivity index (χ1n) is 5.25. The molecule has 0 aromatic carbocycles. The highest BCUT2D eigenvalue weighted by Gasteiger charge is 2.16. The van der Waals surface area contributed by atoms with Crippen molar-refractivity contribution in [3.05, 3.63) is 10.6 Å². The van der Waals surface area contributed by atoms with Crippen molar-refractivity contribution in [1.29, 1.82) is 0 Å². The van der Waals surface area contributed by atoms with Gasteiger partial charge in [-0.1, -0.05) is 31.7 Å². The average Bonchev–Trinajstić information content (AvgIpc) is 2.65. The van der Waals surface area contributed by atoms with E-state index in [1.54, 1.807) is 0 Å². The summed E-state index contributed by atoms with van der Waals surface area (Å²) >= 11 is 1.45. The van der Waals surface area contributed by atoms with Crippen LogP contribution < -0.4 is 5.73 Å². The molecule has 2 N–H and O–H groups in total. The fourth-order valence-corrected chi connectivity index (χ4v) is 2.20. The number of nitrogens with two attached hydrogens (primary N) is 1. The molecule has 4 heteroatoms. The van der Waals surface area contributed by atoms with Crippen molar-refractivity contribution >= 4 is 11.5 Å². The van der Waals surface area contributed by atoms with Gasteiger partial charge >= 0.3 is 0 Å². The molecule has 1 heterocycles. The van der Waals surface area contributed by atoms with Crippen LogP contribution in [0.25, 0.3) is 0 Å². The molecule has 80 valence electrons. The molecular weight excluding hydrogens is 194 g/mol. The predicted molar refractivity (Wildman–Crippen MR) is 60.3 cm³/mol. The standard InChI is InChI=1S/C10H19N3S/c1-4-7(3)6-8(11)10-9(5-2)12-13-14-10/h7-8H,4-6,11H2,1-3H3. The van der Waals surface area contributed by atoms with Crippen molar-refractivity contribution in [3.8, 4) is 0 Å². The van der Waals surface area contributed by atoms with E-state index in [1.807, 2.05) is 0 Å². The summed E-state index contributed by atoms with van der Waals surface area (Å²) in [7, 11) is 0. The van der Waals surface area contributed by atoms with Gasteiger partial charge in [-0.15, -0.1) is 5.10 Å². The van der Waals surface area contributed by atoms with Gasteiger partial charge in [0.1, 0.15) is 0 Å². The van der Waals surface area contributed by atoms with Gasteiger partial charge in [-0.25, -0.2) is 0 Å². The molecule has 3 nitrogen and oxygen atoms in total. The largest absolute Gasteiger partial charge is 0.323 e. The van der Waals surface area contributed by atoms with E-state index in [0.717, 1.165) is 18.5 Å². The van der Waals surface area contributed by atoms with Gasteiger partial charge < -0.3 is 5.73 Å². The molecule has 0 saturated carbocycles. The Bertz CT molecular complexity index is 272. The number of aryl methyl sites for hydroxylation is 1. The van der Waals surface area contributed by atoms with Crippen molar-refractivity contribution < 1.29 is 0 Å². The Kier molecular flexibility index (Phi) is 4.48.